The monoisotopic (exact) mass is 352 g/mol. The number of hydrogen-bond donors (Lipinski definition) is 2. The zero-order valence-corrected chi connectivity index (χ0v) is 14.4. The summed E-state index contributed by atoms with van der Waals surface area (Å²) in [5, 5.41) is 6.84. The minimum atomic E-state index is -0.290. The summed E-state index contributed by atoms with van der Waals surface area (Å²) in [5.41, 5.74) is 0.913. The maximum absolute atomic E-state index is 12.2. The second-order valence-electron chi connectivity index (χ2n) is 5.24. The Kier molecular flexibility index (Phi) is 6.21. The van der Waals surface area contributed by atoms with Gasteiger partial charge in [0.15, 0.2) is 0 Å². The average molecular weight is 353 g/mol. The lowest BCUT2D eigenvalue weighted by molar-refractivity contribution is 0.102. The number of amides is 1. The summed E-state index contributed by atoms with van der Waals surface area (Å²) in [5.74, 6) is 0.436. The van der Waals surface area contributed by atoms with Crippen LogP contribution in [0.5, 0.6) is 0 Å². The van der Waals surface area contributed by atoms with Crippen molar-refractivity contribution in [3.05, 3.63) is 52.1 Å². The van der Waals surface area contributed by atoms with Gasteiger partial charge in [-0.1, -0.05) is 23.2 Å². The molecule has 0 fully saturated rings. The molecule has 1 heterocycles. The Labute approximate surface area is 145 Å². The number of nitrogens with one attached hydrogen (secondary N) is 2. The van der Waals surface area contributed by atoms with Crippen LogP contribution in [-0.2, 0) is 0 Å². The van der Waals surface area contributed by atoms with Crippen LogP contribution in [0.1, 0.15) is 10.4 Å². The van der Waals surface area contributed by atoms with Crippen molar-refractivity contribution in [1.29, 1.82) is 0 Å². The van der Waals surface area contributed by atoms with Crippen LogP contribution < -0.4 is 10.6 Å². The maximum atomic E-state index is 12.2. The normalized spacial score (nSPS) is 10.7. The Balaban J connectivity index is 1.98. The number of aromatic nitrogens is 1. The van der Waals surface area contributed by atoms with Gasteiger partial charge >= 0.3 is 0 Å². The van der Waals surface area contributed by atoms with Gasteiger partial charge in [0, 0.05) is 24.3 Å². The molecule has 1 aromatic carbocycles. The first-order chi connectivity index (χ1) is 11.0. The number of nitrogens with zero attached hydrogens (tertiary/aromatic N) is 2. The van der Waals surface area contributed by atoms with Gasteiger partial charge in [0.1, 0.15) is 5.82 Å². The number of pyridine rings is 1. The third-order valence-corrected chi connectivity index (χ3v) is 3.63. The molecule has 0 aliphatic heterocycles. The highest BCUT2D eigenvalue weighted by Gasteiger charge is 2.09. The highest BCUT2D eigenvalue weighted by molar-refractivity contribution is 6.35. The van der Waals surface area contributed by atoms with Crippen LogP contribution in [0, 0.1) is 0 Å². The van der Waals surface area contributed by atoms with Crippen molar-refractivity contribution in [3.8, 4) is 0 Å². The van der Waals surface area contributed by atoms with Crippen LogP contribution >= 0.6 is 23.2 Å². The van der Waals surface area contributed by atoms with E-state index in [0.717, 1.165) is 18.9 Å². The first-order valence-corrected chi connectivity index (χ1v) is 7.82. The largest absolute Gasteiger partial charge is 0.369 e. The molecule has 2 aromatic rings. The fraction of sp³-hybridized carbons (Fsp3) is 0.250. The smallest absolute Gasteiger partial charge is 0.257 e. The molecular weight excluding hydrogens is 335 g/mol. The van der Waals surface area contributed by atoms with Crippen LogP contribution in [0.25, 0.3) is 0 Å². The Bertz CT molecular complexity index is 674. The van der Waals surface area contributed by atoms with E-state index in [2.05, 4.69) is 20.5 Å². The maximum Gasteiger partial charge on any atom is 0.257 e. The van der Waals surface area contributed by atoms with Crippen LogP contribution in [0.4, 0.5) is 11.5 Å². The van der Waals surface area contributed by atoms with E-state index < -0.39 is 0 Å². The van der Waals surface area contributed by atoms with E-state index in [4.69, 9.17) is 23.2 Å². The van der Waals surface area contributed by atoms with Gasteiger partial charge in [0.2, 0.25) is 0 Å². The number of halogens is 2. The topological polar surface area (TPSA) is 57.3 Å². The molecule has 5 nitrogen and oxygen atoms in total. The lowest BCUT2D eigenvalue weighted by atomic mass is 10.2. The number of benzene rings is 1. The molecule has 7 heteroatoms. The Hall–Kier alpha value is -1.82. The standard InChI is InChI=1S/C16H18Cl2N4O/c1-22(2)8-7-19-15-6-3-11(10-20-15)16(23)21-14-9-12(17)4-5-13(14)18/h3-6,9-10H,7-8H2,1-2H3,(H,19,20)(H,21,23). The lowest BCUT2D eigenvalue weighted by Crippen LogP contribution is -2.21. The summed E-state index contributed by atoms with van der Waals surface area (Å²) in [4.78, 5) is 18.5. The molecule has 2 N–H and O–H groups in total. The van der Waals surface area contributed by atoms with Gasteiger partial charge in [-0.15, -0.1) is 0 Å². The minimum absolute atomic E-state index is 0.290. The molecule has 0 spiro atoms. The summed E-state index contributed by atoms with van der Waals surface area (Å²) >= 11 is 11.9. The number of rotatable bonds is 6. The number of likely N-dealkylation sites (N-methyl/N-ethyl adjacent to an activating group) is 1. The third kappa shape index (κ3) is 5.39. The van der Waals surface area contributed by atoms with Gasteiger partial charge in [-0.2, -0.15) is 0 Å². The predicted molar refractivity (Wildman–Crippen MR) is 95.7 cm³/mol. The van der Waals surface area contributed by atoms with Crippen molar-refractivity contribution >= 4 is 40.6 Å². The number of hydrogen-bond acceptors (Lipinski definition) is 4. The first-order valence-electron chi connectivity index (χ1n) is 7.07. The number of carbonyl (C=O) groups excluding carboxylic acids is 1. The molecule has 0 saturated heterocycles. The molecule has 0 saturated carbocycles. The van der Waals surface area contributed by atoms with E-state index in [-0.39, 0.29) is 5.91 Å². The van der Waals surface area contributed by atoms with Gasteiger partial charge in [0.05, 0.1) is 16.3 Å². The molecule has 0 bridgehead atoms. The summed E-state index contributed by atoms with van der Waals surface area (Å²) in [6.45, 7) is 1.68. The molecule has 0 unspecified atom stereocenters. The highest BCUT2D eigenvalue weighted by atomic mass is 35.5. The Morgan fingerprint density at radius 2 is 2.00 bits per heavy atom. The molecule has 23 heavy (non-hydrogen) atoms. The van der Waals surface area contributed by atoms with Crippen molar-refractivity contribution in [2.24, 2.45) is 0 Å². The lowest BCUT2D eigenvalue weighted by Gasteiger charge is -2.11. The van der Waals surface area contributed by atoms with E-state index in [1.807, 2.05) is 14.1 Å². The summed E-state index contributed by atoms with van der Waals surface area (Å²) in [6.07, 6.45) is 1.52. The molecule has 1 aromatic heterocycles. The zero-order valence-electron chi connectivity index (χ0n) is 12.9. The van der Waals surface area contributed by atoms with E-state index in [0.29, 0.717) is 21.3 Å². The van der Waals surface area contributed by atoms with Crippen molar-refractivity contribution in [3.63, 3.8) is 0 Å². The van der Waals surface area contributed by atoms with Crippen LogP contribution in [-0.4, -0.2) is 43.0 Å². The van der Waals surface area contributed by atoms with E-state index >= 15 is 0 Å². The van der Waals surface area contributed by atoms with Crippen LogP contribution in [0.15, 0.2) is 36.5 Å². The molecule has 0 aliphatic carbocycles. The van der Waals surface area contributed by atoms with Gasteiger partial charge in [-0.25, -0.2) is 4.98 Å². The van der Waals surface area contributed by atoms with Crippen LogP contribution in [0.2, 0.25) is 10.0 Å². The van der Waals surface area contributed by atoms with Crippen molar-refractivity contribution in [1.82, 2.24) is 9.88 Å². The van der Waals surface area contributed by atoms with Gasteiger partial charge in [0.25, 0.3) is 5.91 Å². The van der Waals surface area contributed by atoms with Gasteiger partial charge in [-0.05, 0) is 44.4 Å². The van der Waals surface area contributed by atoms with Crippen molar-refractivity contribution < 1.29 is 4.79 Å². The van der Waals surface area contributed by atoms with Gasteiger partial charge < -0.3 is 15.5 Å². The summed E-state index contributed by atoms with van der Waals surface area (Å²) < 4.78 is 0. The Morgan fingerprint density at radius 3 is 2.65 bits per heavy atom. The fourth-order valence-electron chi connectivity index (χ4n) is 1.83. The number of anilines is 2. The molecule has 0 radical (unpaired) electrons. The van der Waals surface area contributed by atoms with Crippen LogP contribution in [0.3, 0.4) is 0 Å². The average Bonchev–Trinajstić information content (AvgIpc) is 2.51. The van der Waals surface area contributed by atoms with Crippen molar-refractivity contribution in [2.75, 3.05) is 37.8 Å². The molecule has 122 valence electrons. The quantitative estimate of drug-likeness (QED) is 0.833. The minimum Gasteiger partial charge on any atom is -0.369 e. The second kappa shape index (κ2) is 8.15. The van der Waals surface area contributed by atoms with E-state index in [1.165, 1.54) is 6.20 Å². The van der Waals surface area contributed by atoms with E-state index in [1.54, 1.807) is 30.3 Å². The molecule has 2 rings (SSSR count). The second-order valence-corrected chi connectivity index (χ2v) is 6.08. The Morgan fingerprint density at radius 1 is 1.22 bits per heavy atom. The van der Waals surface area contributed by atoms with Crippen molar-refractivity contribution in [2.45, 2.75) is 0 Å². The van der Waals surface area contributed by atoms with E-state index in [9.17, 15) is 4.79 Å². The van der Waals surface area contributed by atoms with Gasteiger partial charge in [-0.3, -0.25) is 4.79 Å². The highest BCUT2D eigenvalue weighted by Crippen LogP contribution is 2.25. The molecular formula is C16H18Cl2N4O. The summed E-state index contributed by atoms with van der Waals surface area (Å²) in [6, 6.07) is 8.38. The fourth-order valence-corrected chi connectivity index (χ4v) is 2.16. The molecule has 1 amide bonds. The number of carbonyl (C=O) groups is 1. The SMILES string of the molecule is CN(C)CCNc1ccc(C(=O)Nc2cc(Cl)ccc2Cl)cn1. The predicted octanol–water partition coefficient (Wildman–Crippen LogP) is 3.61. The molecule has 0 atom stereocenters. The first kappa shape index (κ1) is 17.5. The zero-order chi connectivity index (χ0) is 16.8. The molecule has 0 aliphatic rings. The summed E-state index contributed by atoms with van der Waals surface area (Å²) in [7, 11) is 4.01. The third-order valence-electron chi connectivity index (χ3n) is 3.07.